The van der Waals surface area contributed by atoms with Gasteiger partial charge in [0.05, 0.1) is 18.8 Å². The number of guanidine groups is 1. The molecule has 1 amide bonds. The highest BCUT2D eigenvalue weighted by molar-refractivity contribution is 5.80. The van der Waals surface area contributed by atoms with Gasteiger partial charge in [-0.1, -0.05) is 24.3 Å². The monoisotopic (exact) mass is 420 g/mol. The Balaban J connectivity index is 1.34. The van der Waals surface area contributed by atoms with Crippen LogP contribution in [0.5, 0.6) is 0 Å². The number of aliphatic imine (C=N–C) groups is 1. The Morgan fingerprint density at radius 3 is 2.68 bits per heavy atom. The maximum atomic E-state index is 12.1. The first kappa shape index (κ1) is 21.3. The van der Waals surface area contributed by atoms with E-state index in [0.29, 0.717) is 19.1 Å². The van der Waals surface area contributed by atoms with Crippen LogP contribution in [0.15, 0.2) is 53.7 Å². The molecule has 1 saturated heterocycles. The standard InChI is InChI=1S/C24H32N6O/c1-2-25-24(30-14-12-29(13-15-30)18-23(31)28-21-9-10-21)27-17-19-6-5-7-20(16-19)22-8-3-4-11-26-22/h3-8,11,16,21H,2,9-10,12-15,17-18H2,1H3,(H,25,27)(H,28,31). The third-order valence-electron chi connectivity index (χ3n) is 5.62. The van der Waals surface area contributed by atoms with E-state index in [1.54, 1.807) is 0 Å². The molecule has 2 N–H and O–H groups in total. The van der Waals surface area contributed by atoms with E-state index < -0.39 is 0 Å². The van der Waals surface area contributed by atoms with E-state index in [1.807, 2.05) is 24.4 Å². The average molecular weight is 421 g/mol. The van der Waals surface area contributed by atoms with Gasteiger partial charge in [0.2, 0.25) is 5.91 Å². The van der Waals surface area contributed by atoms with Crippen molar-refractivity contribution in [1.29, 1.82) is 0 Å². The van der Waals surface area contributed by atoms with Crippen molar-refractivity contribution in [3.63, 3.8) is 0 Å². The molecule has 1 aromatic heterocycles. The molecule has 2 aromatic rings. The number of amides is 1. The van der Waals surface area contributed by atoms with Crippen LogP contribution in [0.4, 0.5) is 0 Å². The molecule has 1 saturated carbocycles. The van der Waals surface area contributed by atoms with Crippen molar-refractivity contribution in [3.05, 3.63) is 54.2 Å². The number of nitrogens with zero attached hydrogens (tertiary/aromatic N) is 4. The quantitative estimate of drug-likeness (QED) is 0.530. The van der Waals surface area contributed by atoms with Gasteiger partial charge in [0.25, 0.3) is 0 Å². The zero-order valence-electron chi connectivity index (χ0n) is 18.3. The molecule has 0 radical (unpaired) electrons. The second-order valence-corrected chi connectivity index (χ2v) is 8.19. The van der Waals surface area contributed by atoms with Gasteiger partial charge < -0.3 is 15.5 Å². The van der Waals surface area contributed by atoms with Crippen LogP contribution in [0.3, 0.4) is 0 Å². The van der Waals surface area contributed by atoms with Crippen molar-refractivity contribution < 1.29 is 4.79 Å². The summed E-state index contributed by atoms with van der Waals surface area (Å²) in [5, 5.41) is 6.50. The van der Waals surface area contributed by atoms with E-state index in [-0.39, 0.29) is 5.91 Å². The molecule has 0 spiro atoms. The van der Waals surface area contributed by atoms with E-state index in [0.717, 1.165) is 68.3 Å². The molecule has 0 unspecified atom stereocenters. The van der Waals surface area contributed by atoms with Gasteiger partial charge in [-0.25, -0.2) is 4.99 Å². The summed E-state index contributed by atoms with van der Waals surface area (Å²) in [5.41, 5.74) is 3.24. The number of pyridine rings is 1. The minimum atomic E-state index is 0.157. The van der Waals surface area contributed by atoms with Gasteiger partial charge in [0, 0.05) is 50.5 Å². The molecular weight excluding hydrogens is 388 g/mol. The second-order valence-electron chi connectivity index (χ2n) is 8.19. The Kier molecular flexibility index (Phi) is 7.14. The predicted molar refractivity (Wildman–Crippen MR) is 124 cm³/mol. The molecule has 2 aliphatic rings. The topological polar surface area (TPSA) is 72.9 Å². The van der Waals surface area contributed by atoms with Crippen LogP contribution >= 0.6 is 0 Å². The first-order valence-electron chi connectivity index (χ1n) is 11.3. The van der Waals surface area contributed by atoms with Crippen molar-refractivity contribution in [2.75, 3.05) is 39.3 Å². The van der Waals surface area contributed by atoms with Gasteiger partial charge in [-0.05, 0) is 43.5 Å². The largest absolute Gasteiger partial charge is 0.357 e. The summed E-state index contributed by atoms with van der Waals surface area (Å²) in [5.74, 6) is 1.09. The lowest BCUT2D eigenvalue weighted by atomic mass is 10.1. The minimum absolute atomic E-state index is 0.157. The molecule has 1 aromatic carbocycles. The number of hydrogen-bond donors (Lipinski definition) is 2. The molecule has 31 heavy (non-hydrogen) atoms. The maximum absolute atomic E-state index is 12.1. The van der Waals surface area contributed by atoms with E-state index in [2.05, 4.69) is 56.6 Å². The highest BCUT2D eigenvalue weighted by Gasteiger charge is 2.25. The van der Waals surface area contributed by atoms with Crippen molar-refractivity contribution in [2.45, 2.75) is 32.4 Å². The molecule has 7 nitrogen and oxygen atoms in total. The van der Waals surface area contributed by atoms with Crippen LogP contribution in [-0.2, 0) is 11.3 Å². The fraction of sp³-hybridized carbons (Fsp3) is 0.458. The third kappa shape index (κ3) is 6.28. The summed E-state index contributed by atoms with van der Waals surface area (Å²) in [6.45, 7) is 7.53. The maximum Gasteiger partial charge on any atom is 0.234 e. The van der Waals surface area contributed by atoms with Crippen LogP contribution in [0.2, 0.25) is 0 Å². The Labute approximate surface area is 184 Å². The fourth-order valence-electron chi connectivity index (χ4n) is 3.78. The third-order valence-corrected chi connectivity index (χ3v) is 5.62. The Morgan fingerprint density at radius 2 is 1.97 bits per heavy atom. The summed E-state index contributed by atoms with van der Waals surface area (Å²) in [4.78, 5) is 25.9. The Bertz CT molecular complexity index is 888. The number of carbonyl (C=O) groups excluding carboxylic acids is 1. The number of benzene rings is 1. The lowest BCUT2D eigenvalue weighted by Gasteiger charge is -2.36. The fourth-order valence-corrected chi connectivity index (χ4v) is 3.78. The van der Waals surface area contributed by atoms with Crippen LogP contribution in [0, 0.1) is 0 Å². The van der Waals surface area contributed by atoms with E-state index in [1.165, 1.54) is 0 Å². The summed E-state index contributed by atoms with van der Waals surface area (Å²) in [7, 11) is 0. The summed E-state index contributed by atoms with van der Waals surface area (Å²) >= 11 is 0. The zero-order chi connectivity index (χ0) is 21.5. The lowest BCUT2D eigenvalue weighted by molar-refractivity contribution is -0.122. The van der Waals surface area contributed by atoms with Gasteiger partial charge in [-0.3, -0.25) is 14.7 Å². The van der Waals surface area contributed by atoms with E-state index in [4.69, 9.17) is 4.99 Å². The van der Waals surface area contributed by atoms with Crippen molar-refractivity contribution >= 4 is 11.9 Å². The van der Waals surface area contributed by atoms with Crippen LogP contribution < -0.4 is 10.6 Å². The molecule has 7 heteroatoms. The summed E-state index contributed by atoms with van der Waals surface area (Å²) in [6, 6.07) is 14.8. The SMILES string of the molecule is CCNC(=NCc1cccc(-c2ccccn2)c1)N1CCN(CC(=O)NC2CC2)CC1. The van der Waals surface area contributed by atoms with E-state index >= 15 is 0 Å². The van der Waals surface area contributed by atoms with Gasteiger partial charge in [-0.15, -0.1) is 0 Å². The number of carbonyl (C=O) groups is 1. The number of hydrogen-bond acceptors (Lipinski definition) is 4. The van der Waals surface area contributed by atoms with Gasteiger partial charge in [-0.2, -0.15) is 0 Å². The van der Waals surface area contributed by atoms with E-state index in [9.17, 15) is 4.79 Å². The molecule has 0 bridgehead atoms. The Hall–Kier alpha value is -2.93. The first-order valence-corrected chi connectivity index (χ1v) is 11.3. The summed E-state index contributed by atoms with van der Waals surface area (Å²) in [6.07, 6.45) is 4.08. The zero-order valence-corrected chi connectivity index (χ0v) is 18.3. The number of piperazine rings is 1. The van der Waals surface area contributed by atoms with Crippen molar-refractivity contribution in [3.8, 4) is 11.3 Å². The molecule has 164 valence electrons. The van der Waals surface area contributed by atoms with Crippen molar-refractivity contribution in [2.24, 2.45) is 4.99 Å². The van der Waals surface area contributed by atoms with Gasteiger partial charge >= 0.3 is 0 Å². The molecular formula is C24H32N6O. The highest BCUT2D eigenvalue weighted by Crippen LogP contribution is 2.19. The number of rotatable bonds is 7. The highest BCUT2D eigenvalue weighted by atomic mass is 16.2. The predicted octanol–water partition coefficient (Wildman–Crippen LogP) is 2.11. The smallest absolute Gasteiger partial charge is 0.234 e. The minimum Gasteiger partial charge on any atom is -0.357 e. The average Bonchev–Trinajstić information content (AvgIpc) is 3.62. The molecule has 2 fully saturated rings. The first-order chi connectivity index (χ1) is 15.2. The van der Waals surface area contributed by atoms with Gasteiger partial charge in [0.15, 0.2) is 5.96 Å². The number of aromatic nitrogens is 1. The van der Waals surface area contributed by atoms with Crippen LogP contribution in [-0.4, -0.2) is 72.0 Å². The molecule has 0 atom stereocenters. The molecule has 1 aliphatic carbocycles. The Morgan fingerprint density at radius 1 is 1.13 bits per heavy atom. The van der Waals surface area contributed by atoms with Crippen LogP contribution in [0.1, 0.15) is 25.3 Å². The summed E-state index contributed by atoms with van der Waals surface area (Å²) < 4.78 is 0. The lowest BCUT2D eigenvalue weighted by Crippen LogP contribution is -2.54. The normalized spacial score (nSPS) is 17.5. The van der Waals surface area contributed by atoms with Crippen molar-refractivity contribution in [1.82, 2.24) is 25.4 Å². The molecule has 1 aliphatic heterocycles. The second kappa shape index (κ2) is 10.4. The van der Waals surface area contributed by atoms with Crippen LogP contribution in [0.25, 0.3) is 11.3 Å². The molecule has 2 heterocycles. The number of nitrogens with one attached hydrogen (secondary N) is 2. The molecule has 4 rings (SSSR count). The van der Waals surface area contributed by atoms with Gasteiger partial charge in [0.1, 0.15) is 0 Å².